The first kappa shape index (κ1) is 82.3. The Morgan fingerprint density at radius 3 is 0.989 bits per heavy atom. The smallest absolute Gasteiger partial charge is 0.223 e. The van der Waals surface area contributed by atoms with Gasteiger partial charge >= 0.3 is 0 Å². The summed E-state index contributed by atoms with van der Waals surface area (Å²) in [6.45, 7) is 47.9. The zero-order valence-corrected chi connectivity index (χ0v) is 60.7. The lowest BCUT2D eigenvalue weighted by molar-refractivity contribution is -0.677. The number of aryl methyl sites for hydroxylation is 23. The lowest BCUT2D eigenvalue weighted by Gasteiger charge is -1.87. The van der Waals surface area contributed by atoms with Crippen molar-refractivity contribution in [1.82, 2.24) is 112 Å². The molecule has 0 N–H and O–H groups in total. The van der Waals surface area contributed by atoms with Crippen molar-refractivity contribution in [3.63, 3.8) is 0 Å². The van der Waals surface area contributed by atoms with E-state index in [0.29, 0.717) is 35.2 Å². The average molecular weight is 1330 g/mol. The van der Waals surface area contributed by atoms with Gasteiger partial charge in [0.05, 0.1) is 34.5 Å². The van der Waals surface area contributed by atoms with Crippen molar-refractivity contribution in [1.29, 1.82) is 0 Å². The Bertz CT molecular complexity index is 2900. The Kier molecular flexibility index (Phi) is 46.0. The van der Waals surface area contributed by atoms with Gasteiger partial charge in [-0.15, -0.1) is 41.9 Å². The molecule has 0 bridgehead atoms. The Morgan fingerprint density at radius 1 is 0.432 bits per heavy atom. The van der Waals surface area contributed by atoms with Gasteiger partial charge in [-0.25, -0.2) is 24.1 Å². The van der Waals surface area contributed by atoms with Crippen molar-refractivity contribution in [3.8, 4) is 0 Å². The number of hydrogen-bond donors (Lipinski definition) is 0. The standard InChI is InChI=1S/C7H10N.4C4H6N2O.6C4H6N2S.C3H5N3.2C2H6/c1-7-5-3-4-6-8(7)2;1-3-5-6-4(2)7-3;2*1-3-5-4(2)7-6-3;1-3-4(2)6-7-5-3;1-3-5-6-4(2)7-3;2*1-3-5-4(2)7-6-3;2*1-3-4(2)7-6-5-3;1-3-4(2)6-7-5-3;1-6-3-4-2-5-6;2*1-2/h3-6H,1-2H3;10*1-2H3;2-3H,1H3;2*1-2H3/q+1;;;;;;;;;;;;;. The number of aromatic nitrogens is 24. The third-order valence-electron chi connectivity index (χ3n) is 9.13. The normalized spacial score (nSPS) is 9.08. The molecule has 12 heterocycles. The van der Waals surface area contributed by atoms with Crippen LogP contribution < -0.4 is 4.57 Å². The van der Waals surface area contributed by atoms with Gasteiger partial charge in [0.2, 0.25) is 23.6 Å². The lowest BCUT2D eigenvalue weighted by Crippen LogP contribution is -2.30. The molecule has 0 radical (unpaired) electrons. The molecule has 0 aliphatic heterocycles. The summed E-state index contributed by atoms with van der Waals surface area (Å²) in [6, 6.07) is 6.14. The SMILES string of the molecule is CC.CC.Cc1cccc[n+]1C.Cc1nnc(C)o1.Cc1nnc(C)s1.Cc1nnsc1C.Cc1nnsc1C.Cc1noc(C)n1.Cc1noc(C)n1.Cc1nonc1C.Cc1nsc(C)n1.Cc1nsc(C)n1.Cc1nsnc1C.Cn1cncn1. The summed E-state index contributed by atoms with van der Waals surface area (Å²) in [7, 11) is 3.86. The first-order chi connectivity index (χ1) is 41.6. The van der Waals surface area contributed by atoms with Crippen LogP contribution >= 0.6 is 69.2 Å². The molecule has 34 heteroatoms. The van der Waals surface area contributed by atoms with Crippen molar-refractivity contribution in [2.24, 2.45) is 14.1 Å². The van der Waals surface area contributed by atoms with Gasteiger partial charge in [0.15, 0.2) is 23.5 Å². The number of pyridine rings is 1. The molecule has 0 aliphatic rings. The zero-order chi connectivity index (χ0) is 67.1. The molecule has 12 rings (SSSR count). The van der Waals surface area contributed by atoms with Crippen LogP contribution in [0.3, 0.4) is 0 Å². The highest BCUT2D eigenvalue weighted by Gasteiger charge is 1.97. The maximum Gasteiger partial charge on any atom is 0.223 e. The molecule has 0 aliphatic carbocycles. The molecule has 12 aromatic heterocycles. The second kappa shape index (κ2) is 49.2. The Morgan fingerprint density at radius 2 is 0.864 bits per heavy atom. The minimum Gasteiger partial charge on any atom is -0.426 e. The van der Waals surface area contributed by atoms with Crippen LogP contribution in [0.15, 0.2) is 55.1 Å². The number of nitrogens with zero attached hydrogens (tertiary/aromatic N) is 24. The first-order valence-corrected chi connectivity index (χ1v) is 31.6. The van der Waals surface area contributed by atoms with E-state index in [4.69, 9.17) is 4.42 Å². The van der Waals surface area contributed by atoms with Crippen LogP contribution in [0, 0.1) is 145 Å². The molecule has 28 nitrogen and oxygen atoms in total. The van der Waals surface area contributed by atoms with Crippen LogP contribution in [0.25, 0.3) is 0 Å². The van der Waals surface area contributed by atoms with Crippen LogP contribution in [0.1, 0.15) is 144 Å². The van der Waals surface area contributed by atoms with Gasteiger partial charge in [-0.1, -0.05) is 63.4 Å². The van der Waals surface area contributed by atoms with Crippen molar-refractivity contribution < 1.29 is 22.7 Å². The van der Waals surface area contributed by atoms with Gasteiger partial charge in [0, 0.05) is 63.6 Å². The summed E-state index contributed by atoms with van der Waals surface area (Å²) in [6.07, 6.45) is 5.18. The van der Waals surface area contributed by atoms with Gasteiger partial charge in [-0.05, 0) is 157 Å². The molecule has 0 amide bonds. The predicted molar refractivity (Wildman–Crippen MR) is 347 cm³/mol. The third-order valence-corrected chi connectivity index (χ3v) is 13.5. The van der Waals surface area contributed by atoms with E-state index in [1.807, 2.05) is 157 Å². The van der Waals surface area contributed by atoms with Crippen LogP contribution in [-0.4, -0.2) is 112 Å². The molecule has 0 spiro atoms. The Balaban J connectivity index is 0. The molecule has 88 heavy (non-hydrogen) atoms. The topological polar surface area (TPSA) is 345 Å². The van der Waals surface area contributed by atoms with E-state index in [2.05, 4.69) is 139 Å². The molecule has 0 fully saturated rings. The summed E-state index contributed by atoms with van der Waals surface area (Å²) in [5.41, 5.74) is 7.19. The fourth-order valence-corrected chi connectivity index (χ4v) is 7.39. The van der Waals surface area contributed by atoms with E-state index in [9.17, 15) is 0 Å². The van der Waals surface area contributed by atoms with Crippen LogP contribution in [0.5, 0.6) is 0 Å². The monoisotopic (exact) mass is 1330 g/mol. The van der Waals surface area contributed by atoms with E-state index in [-0.39, 0.29) is 0 Å². The molecule has 0 aromatic carbocycles. The average Bonchev–Trinajstić information content (AvgIpc) is 4.39. The molecular weight excluding hydrogens is 1240 g/mol. The zero-order valence-electron chi connectivity index (χ0n) is 55.8. The summed E-state index contributed by atoms with van der Waals surface area (Å²) in [5.74, 6) is 5.63. The van der Waals surface area contributed by atoms with Crippen LogP contribution in [0.4, 0.5) is 0 Å². The van der Waals surface area contributed by atoms with Gasteiger partial charge < -0.3 is 13.5 Å². The minimum atomic E-state index is 0.623. The molecule has 0 unspecified atom stereocenters. The van der Waals surface area contributed by atoms with Crippen LogP contribution in [-0.2, 0) is 14.1 Å². The largest absolute Gasteiger partial charge is 0.426 e. The molecular formula is C54H87N24O4S6+. The molecule has 0 saturated heterocycles. The highest BCUT2D eigenvalue weighted by atomic mass is 32.1. The van der Waals surface area contributed by atoms with Crippen molar-refractivity contribution in [3.05, 3.63) is 154 Å². The van der Waals surface area contributed by atoms with Crippen molar-refractivity contribution >= 4 is 69.2 Å². The Labute approximate surface area is 541 Å². The molecule has 12 aromatic rings. The Hall–Kier alpha value is -7.79. The maximum atomic E-state index is 4.86. The highest BCUT2D eigenvalue weighted by molar-refractivity contribution is 7.11. The third kappa shape index (κ3) is 42.9. The predicted octanol–water partition coefficient (Wildman–Crippen LogP) is 12.4. The second-order valence-electron chi connectivity index (χ2n) is 16.8. The molecule has 482 valence electrons. The lowest BCUT2D eigenvalue weighted by atomic mass is 10.4. The van der Waals surface area contributed by atoms with E-state index < -0.39 is 0 Å². The summed E-state index contributed by atoms with van der Waals surface area (Å²) in [4.78, 5) is 21.8. The van der Waals surface area contributed by atoms with E-state index in [0.717, 1.165) is 65.8 Å². The summed E-state index contributed by atoms with van der Waals surface area (Å²) >= 11 is 8.66. The van der Waals surface area contributed by atoms with Crippen molar-refractivity contribution in [2.75, 3.05) is 0 Å². The van der Waals surface area contributed by atoms with Crippen LogP contribution in [0.2, 0.25) is 0 Å². The highest BCUT2D eigenvalue weighted by Crippen LogP contribution is 2.06. The fourth-order valence-electron chi connectivity index (χ4n) is 4.38. The van der Waals surface area contributed by atoms with E-state index >= 15 is 0 Å². The quantitative estimate of drug-likeness (QED) is 0.127. The van der Waals surface area contributed by atoms with E-state index in [1.54, 1.807) is 63.9 Å². The second-order valence-corrected chi connectivity index (χ2v) is 22.6. The molecule has 0 saturated carbocycles. The maximum absolute atomic E-state index is 4.86. The minimum absolute atomic E-state index is 0.623. The molecule has 0 atom stereocenters. The van der Waals surface area contributed by atoms with Gasteiger partial charge in [-0.2, -0.15) is 32.6 Å². The van der Waals surface area contributed by atoms with Gasteiger partial charge in [0.1, 0.15) is 62.8 Å². The van der Waals surface area contributed by atoms with Gasteiger partial charge in [0.25, 0.3) is 0 Å². The number of rotatable bonds is 0. The first-order valence-electron chi connectivity index (χ1n) is 27.0. The fraction of sp³-hybridized carbons (Fsp3) is 0.500. The summed E-state index contributed by atoms with van der Waals surface area (Å²) in [5, 5.41) is 44.3. The summed E-state index contributed by atoms with van der Waals surface area (Å²) < 4.78 is 45.3. The number of hydrogen-bond acceptors (Lipinski definition) is 32. The van der Waals surface area contributed by atoms with E-state index in [1.165, 1.54) is 79.6 Å². The van der Waals surface area contributed by atoms with Crippen molar-refractivity contribution in [2.45, 2.75) is 173 Å². The van der Waals surface area contributed by atoms with Gasteiger partial charge in [-0.3, -0.25) is 4.68 Å².